The molecule has 0 spiro atoms. The molecule has 35 heavy (non-hydrogen) atoms. The van der Waals surface area contributed by atoms with Gasteiger partial charge in [-0.2, -0.15) is 0 Å². The van der Waals surface area contributed by atoms with Crippen molar-refractivity contribution in [2.75, 3.05) is 31.1 Å². The van der Waals surface area contributed by atoms with Crippen molar-refractivity contribution in [1.82, 2.24) is 19.2 Å². The minimum absolute atomic E-state index is 0.650. The lowest BCUT2D eigenvalue weighted by Gasteiger charge is -2.35. The van der Waals surface area contributed by atoms with E-state index in [0.717, 1.165) is 57.7 Å². The Hall–Kier alpha value is -2.97. The van der Waals surface area contributed by atoms with Gasteiger partial charge in [-0.25, -0.2) is 4.68 Å². The number of thiophene rings is 1. The predicted molar refractivity (Wildman–Crippen MR) is 148 cm³/mol. The highest BCUT2D eigenvalue weighted by atomic mass is 35.5. The lowest BCUT2D eigenvalue weighted by molar-refractivity contribution is 0.194. The van der Waals surface area contributed by atoms with E-state index in [2.05, 4.69) is 64.4 Å². The van der Waals surface area contributed by atoms with E-state index in [1.165, 1.54) is 5.69 Å². The van der Waals surface area contributed by atoms with Crippen LogP contribution in [0.4, 0.5) is 5.69 Å². The Balaban J connectivity index is 1.34. The van der Waals surface area contributed by atoms with Gasteiger partial charge in [0.1, 0.15) is 0 Å². The molecule has 176 valence electrons. The van der Waals surface area contributed by atoms with Crippen LogP contribution in [0.3, 0.4) is 0 Å². The standard InChI is InChI=1S/C27H24ClN5S2/c28-24-22-13-7-8-14-23(22)35-25(24)26-29-32(27(34)33(26)21-11-5-2-6-12-21)19-30-15-17-31(18-16-30)20-9-3-1-4-10-20/h1-14H,15-19H2. The molecule has 0 saturated carbocycles. The Morgan fingerprint density at radius 1 is 0.800 bits per heavy atom. The zero-order valence-electron chi connectivity index (χ0n) is 19.0. The molecule has 2 aromatic heterocycles. The van der Waals surface area contributed by atoms with Crippen LogP contribution in [0.5, 0.6) is 0 Å². The van der Waals surface area contributed by atoms with Gasteiger partial charge in [0, 0.05) is 42.0 Å². The summed E-state index contributed by atoms with van der Waals surface area (Å²) < 4.78 is 5.80. The number of fused-ring (bicyclic) bond motifs is 1. The minimum Gasteiger partial charge on any atom is -0.369 e. The maximum Gasteiger partial charge on any atom is 0.204 e. The van der Waals surface area contributed by atoms with Gasteiger partial charge in [-0.3, -0.25) is 9.47 Å². The number of rotatable bonds is 5. The number of para-hydroxylation sites is 2. The van der Waals surface area contributed by atoms with Gasteiger partial charge in [0.15, 0.2) is 5.82 Å². The highest BCUT2D eigenvalue weighted by Crippen LogP contribution is 2.42. The summed E-state index contributed by atoms with van der Waals surface area (Å²) in [5.74, 6) is 0.787. The molecule has 0 radical (unpaired) electrons. The molecule has 1 saturated heterocycles. The van der Waals surface area contributed by atoms with Gasteiger partial charge in [0.25, 0.3) is 0 Å². The fourth-order valence-electron chi connectivity index (χ4n) is 4.59. The van der Waals surface area contributed by atoms with E-state index in [-0.39, 0.29) is 0 Å². The van der Waals surface area contributed by atoms with Gasteiger partial charge in [0.2, 0.25) is 4.77 Å². The molecule has 3 heterocycles. The zero-order chi connectivity index (χ0) is 23.8. The van der Waals surface area contributed by atoms with Crippen molar-refractivity contribution in [2.24, 2.45) is 0 Å². The Kier molecular flexibility index (Phi) is 6.16. The van der Waals surface area contributed by atoms with Crippen LogP contribution in [0, 0.1) is 4.77 Å². The number of benzene rings is 3. The van der Waals surface area contributed by atoms with Crippen molar-refractivity contribution in [3.05, 3.63) is 94.7 Å². The molecule has 6 rings (SSSR count). The summed E-state index contributed by atoms with van der Waals surface area (Å²) in [6.07, 6.45) is 0. The number of piperazine rings is 1. The average molecular weight is 518 g/mol. The van der Waals surface area contributed by atoms with Gasteiger partial charge < -0.3 is 4.90 Å². The number of nitrogens with zero attached hydrogens (tertiary/aromatic N) is 5. The molecule has 5 nitrogen and oxygen atoms in total. The fraction of sp³-hybridized carbons (Fsp3) is 0.185. The number of halogens is 1. The van der Waals surface area contributed by atoms with E-state index in [1.54, 1.807) is 11.3 Å². The van der Waals surface area contributed by atoms with E-state index < -0.39 is 0 Å². The zero-order valence-corrected chi connectivity index (χ0v) is 21.4. The Bertz CT molecular complexity index is 1520. The molecule has 0 bridgehead atoms. The summed E-state index contributed by atoms with van der Waals surface area (Å²) in [5.41, 5.74) is 2.26. The van der Waals surface area contributed by atoms with Crippen LogP contribution in [0.15, 0.2) is 84.9 Å². The molecule has 1 aliphatic heterocycles. The summed E-state index contributed by atoms with van der Waals surface area (Å²) >= 11 is 14.5. The monoisotopic (exact) mass is 517 g/mol. The first-order valence-corrected chi connectivity index (χ1v) is 13.2. The van der Waals surface area contributed by atoms with E-state index in [9.17, 15) is 0 Å². The number of anilines is 1. The van der Waals surface area contributed by atoms with E-state index in [4.69, 9.17) is 28.9 Å². The number of hydrogen-bond donors (Lipinski definition) is 0. The third-order valence-corrected chi connectivity index (χ3v) is 8.48. The molecular weight excluding hydrogens is 494 g/mol. The van der Waals surface area contributed by atoms with E-state index >= 15 is 0 Å². The summed E-state index contributed by atoms with van der Waals surface area (Å²) in [6.45, 7) is 4.51. The van der Waals surface area contributed by atoms with Crippen molar-refractivity contribution in [3.8, 4) is 16.4 Å². The Morgan fingerprint density at radius 2 is 1.43 bits per heavy atom. The van der Waals surface area contributed by atoms with Crippen LogP contribution in [-0.4, -0.2) is 45.4 Å². The van der Waals surface area contributed by atoms with Crippen molar-refractivity contribution in [3.63, 3.8) is 0 Å². The molecule has 0 unspecified atom stereocenters. The largest absolute Gasteiger partial charge is 0.369 e. The van der Waals surface area contributed by atoms with Crippen molar-refractivity contribution >= 4 is 50.9 Å². The quantitative estimate of drug-likeness (QED) is 0.242. The van der Waals surface area contributed by atoms with Crippen LogP contribution in [0.1, 0.15) is 0 Å². The number of hydrogen-bond acceptors (Lipinski definition) is 5. The third-order valence-electron chi connectivity index (χ3n) is 6.42. The van der Waals surface area contributed by atoms with Gasteiger partial charge in [0.05, 0.1) is 22.3 Å². The summed E-state index contributed by atoms with van der Waals surface area (Å²) in [6, 6.07) is 29.0. The highest BCUT2D eigenvalue weighted by Gasteiger charge is 2.23. The number of aromatic nitrogens is 3. The topological polar surface area (TPSA) is 29.2 Å². The third kappa shape index (κ3) is 4.29. The van der Waals surface area contributed by atoms with Gasteiger partial charge in [-0.1, -0.05) is 66.2 Å². The lowest BCUT2D eigenvalue weighted by Crippen LogP contribution is -2.47. The van der Waals surface area contributed by atoms with Crippen LogP contribution in [0.25, 0.3) is 26.5 Å². The second kappa shape index (κ2) is 9.59. The molecule has 0 atom stereocenters. The first kappa shape index (κ1) is 22.5. The smallest absolute Gasteiger partial charge is 0.204 e. The molecular formula is C27H24ClN5S2. The van der Waals surface area contributed by atoms with Crippen molar-refractivity contribution in [2.45, 2.75) is 6.67 Å². The summed E-state index contributed by atoms with van der Waals surface area (Å²) in [7, 11) is 0. The van der Waals surface area contributed by atoms with Crippen LogP contribution in [0.2, 0.25) is 5.02 Å². The van der Waals surface area contributed by atoms with E-state index in [1.807, 2.05) is 39.6 Å². The highest BCUT2D eigenvalue weighted by molar-refractivity contribution is 7.71. The SMILES string of the molecule is S=c1n(CN2CCN(c3ccccc3)CC2)nc(-c2sc3ccccc3c2Cl)n1-c1ccccc1. The molecule has 8 heteroatoms. The average Bonchev–Trinajstić information content (AvgIpc) is 3.42. The van der Waals surface area contributed by atoms with Crippen LogP contribution in [-0.2, 0) is 6.67 Å². The van der Waals surface area contributed by atoms with Crippen molar-refractivity contribution in [1.29, 1.82) is 0 Å². The second-order valence-corrected chi connectivity index (χ2v) is 10.4. The first-order chi connectivity index (χ1) is 17.2. The summed E-state index contributed by atoms with van der Waals surface area (Å²) in [4.78, 5) is 5.78. The van der Waals surface area contributed by atoms with Gasteiger partial charge >= 0.3 is 0 Å². The van der Waals surface area contributed by atoms with Gasteiger partial charge in [-0.15, -0.1) is 16.4 Å². The Labute approximate surface area is 218 Å². The lowest BCUT2D eigenvalue weighted by atomic mass is 10.2. The summed E-state index contributed by atoms with van der Waals surface area (Å²) in [5, 5.41) is 6.81. The fourth-order valence-corrected chi connectivity index (χ4v) is 6.37. The molecule has 3 aromatic carbocycles. The van der Waals surface area contributed by atoms with Crippen LogP contribution < -0.4 is 4.90 Å². The molecule has 0 N–H and O–H groups in total. The molecule has 1 fully saturated rings. The van der Waals surface area contributed by atoms with E-state index in [0.29, 0.717) is 11.4 Å². The first-order valence-electron chi connectivity index (χ1n) is 11.6. The normalized spacial score (nSPS) is 14.6. The Morgan fingerprint density at radius 3 is 2.11 bits per heavy atom. The maximum absolute atomic E-state index is 6.88. The predicted octanol–water partition coefficient (Wildman–Crippen LogP) is 6.72. The molecule has 0 aliphatic carbocycles. The minimum atomic E-state index is 0.650. The maximum atomic E-state index is 6.88. The van der Waals surface area contributed by atoms with Gasteiger partial charge in [-0.05, 0) is 42.5 Å². The second-order valence-electron chi connectivity index (χ2n) is 8.60. The molecule has 1 aliphatic rings. The molecule has 0 amide bonds. The van der Waals surface area contributed by atoms with Crippen LogP contribution >= 0.6 is 35.2 Å². The van der Waals surface area contributed by atoms with Crippen molar-refractivity contribution < 1.29 is 0 Å². The molecule has 5 aromatic rings.